The first kappa shape index (κ1) is 12.6. The highest BCUT2D eigenvalue weighted by atomic mass is 19.2. The van der Waals surface area contributed by atoms with Gasteiger partial charge in [0.15, 0.2) is 0 Å². The van der Waals surface area contributed by atoms with Gasteiger partial charge in [0.25, 0.3) is 0 Å². The van der Waals surface area contributed by atoms with E-state index in [0.717, 1.165) is 5.56 Å². The molecule has 1 atom stereocenters. The summed E-state index contributed by atoms with van der Waals surface area (Å²) >= 11 is 0. The Morgan fingerprint density at radius 1 is 1.24 bits per heavy atom. The second-order valence-corrected chi connectivity index (χ2v) is 5.75. The third-order valence-electron chi connectivity index (χ3n) is 4.66. The summed E-state index contributed by atoms with van der Waals surface area (Å²) in [5.41, 5.74) is 0.802. The lowest BCUT2D eigenvalue weighted by atomic mass is 9.47. The normalized spacial score (nSPS) is 30.4. The van der Waals surface area contributed by atoms with Crippen molar-refractivity contribution in [2.45, 2.75) is 25.1 Å². The minimum Gasteiger partial charge on any atom is -0.461 e. The number of nitrogens with zero attached hydrogens (tertiary/aromatic N) is 1. The monoisotopic (exact) mass is 239 g/mol. The summed E-state index contributed by atoms with van der Waals surface area (Å²) in [6, 6.07) is 9.30. The van der Waals surface area contributed by atoms with E-state index in [0.29, 0.717) is 19.4 Å². The van der Waals surface area contributed by atoms with Gasteiger partial charge in [-0.05, 0) is 6.42 Å². The topological polar surface area (TPSA) is 0 Å². The fraction of sp³-hybridized carbons (Fsp3) is 0.538. The van der Waals surface area contributed by atoms with Crippen molar-refractivity contribution in [3.05, 3.63) is 35.9 Å². The molecule has 1 aromatic rings. The Bertz CT molecular complexity index is 405. The number of benzene rings is 1. The van der Waals surface area contributed by atoms with Gasteiger partial charge in [0, 0.05) is 26.0 Å². The molecule has 0 radical (unpaired) electrons. The largest absolute Gasteiger partial charge is 0.549 e. The predicted molar refractivity (Wildman–Crippen MR) is 68.0 cm³/mol. The van der Waals surface area contributed by atoms with E-state index < -0.39 is 12.1 Å². The molecule has 0 N–H and O–H groups in total. The maximum atomic E-state index is 14.8. The van der Waals surface area contributed by atoms with Crippen molar-refractivity contribution in [1.29, 1.82) is 0 Å². The standard InChI is InChI=1S/C13H20BF2N/c1-4-13(12-8-6-5-7-9-12)10-11-17(2,3)14(13,15)16/h5-9H,4,10-11H2,1-3H3. The van der Waals surface area contributed by atoms with Crippen LogP contribution in [0.1, 0.15) is 25.3 Å². The highest BCUT2D eigenvalue weighted by Crippen LogP contribution is 2.50. The van der Waals surface area contributed by atoms with Crippen LogP contribution in [0.4, 0.5) is 8.63 Å². The van der Waals surface area contributed by atoms with Gasteiger partial charge in [0.05, 0.1) is 0 Å². The summed E-state index contributed by atoms with van der Waals surface area (Å²) < 4.78 is 29.4. The van der Waals surface area contributed by atoms with E-state index in [4.69, 9.17) is 0 Å². The Kier molecular flexibility index (Phi) is 2.81. The van der Waals surface area contributed by atoms with Crippen LogP contribution in [-0.2, 0) is 5.31 Å². The Hall–Kier alpha value is -0.895. The quantitative estimate of drug-likeness (QED) is 0.695. The van der Waals surface area contributed by atoms with Crippen LogP contribution in [0.3, 0.4) is 0 Å². The molecule has 1 fully saturated rings. The lowest BCUT2D eigenvalue weighted by molar-refractivity contribution is -0.796. The maximum absolute atomic E-state index is 14.8. The molecular formula is C13H20BF2N. The zero-order valence-corrected chi connectivity index (χ0v) is 10.8. The summed E-state index contributed by atoms with van der Waals surface area (Å²) in [6.07, 6.45) is 1.08. The average molecular weight is 239 g/mol. The van der Waals surface area contributed by atoms with Gasteiger partial charge in [-0.15, -0.1) is 0 Å². The molecule has 0 spiro atoms. The Morgan fingerprint density at radius 2 is 1.82 bits per heavy atom. The molecule has 1 aromatic carbocycles. The minimum absolute atomic E-state index is 0.150. The Morgan fingerprint density at radius 3 is 2.24 bits per heavy atom. The first-order valence-corrected chi connectivity index (χ1v) is 6.27. The number of halogens is 2. The van der Waals surface area contributed by atoms with Crippen LogP contribution in [0.2, 0.25) is 0 Å². The zero-order chi connectivity index (χ0) is 12.7. The van der Waals surface area contributed by atoms with E-state index in [1.54, 1.807) is 14.1 Å². The smallest absolute Gasteiger partial charge is 0.461 e. The van der Waals surface area contributed by atoms with Gasteiger partial charge in [0.1, 0.15) is 0 Å². The van der Waals surface area contributed by atoms with Crippen LogP contribution in [0.15, 0.2) is 30.3 Å². The SMILES string of the molecule is CCC1(c2ccccc2)CC[N+](C)(C)[B-]1(F)F. The van der Waals surface area contributed by atoms with Crippen molar-refractivity contribution >= 4 is 6.84 Å². The van der Waals surface area contributed by atoms with Gasteiger partial charge >= 0.3 is 6.84 Å². The maximum Gasteiger partial charge on any atom is 0.549 e. The van der Waals surface area contributed by atoms with E-state index in [1.165, 1.54) is 0 Å². The van der Waals surface area contributed by atoms with Crippen molar-refractivity contribution in [2.24, 2.45) is 0 Å². The summed E-state index contributed by atoms with van der Waals surface area (Å²) in [7, 11) is 3.31. The zero-order valence-electron chi connectivity index (χ0n) is 10.8. The molecule has 0 aliphatic carbocycles. The highest BCUT2D eigenvalue weighted by molar-refractivity contribution is 6.62. The predicted octanol–water partition coefficient (Wildman–Crippen LogP) is 3.23. The molecule has 1 saturated heterocycles. The second-order valence-electron chi connectivity index (χ2n) is 5.75. The number of hydrogen-bond acceptors (Lipinski definition) is 0. The van der Waals surface area contributed by atoms with Crippen LogP contribution in [0.25, 0.3) is 0 Å². The summed E-state index contributed by atoms with van der Waals surface area (Å²) in [5.74, 6) is 0. The molecule has 4 heteroatoms. The van der Waals surface area contributed by atoms with Gasteiger partial charge in [-0.2, -0.15) is 0 Å². The third-order valence-corrected chi connectivity index (χ3v) is 4.66. The first-order valence-electron chi connectivity index (χ1n) is 6.27. The number of hydrogen-bond donors (Lipinski definition) is 0. The van der Waals surface area contributed by atoms with Gasteiger partial charge in [-0.25, -0.2) is 0 Å². The summed E-state index contributed by atoms with van der Waals surface area (Å²) in [6.45, 7) is -1.01. The molecule has 17 heavy (non-hydrogen) atoms. The van der Waals surface area contributed by atoms with Gasteiger partial charge in [-0.1, -0.05) is 49.2 Å². The molecule has 94 valence electrons. The summed E-state index contributed by atoms with van der Waals surface area (Å²) in [4.78, 5) is 0. The molecular weight excluding hydrogens is 219 g/mol. The van der Waals surface area contributed by atoms with Gasteiger partial charge in [0.2, 0.25) is 0 Å². The van der Waals surface area contributed by atoms with Crippen LogP contribution < -0.4 is 0 Å². The van der Waals surface area contributed by atoms with Gasteiger partial charge in [-0.3, -0.25) is 0 Å². The minimum atomic E-state index is -3.45. The average Bonchev–Trinajstić information content (AvgIpc) is 2.49. The van der Waals surface area contributed by atoms with E-state index in [-0.39, 0.29) is 4.39 Å². The molecule has 1 aliphatic rings. The van der Waals surface area contributed by atoms with Crippen molar-refractivity contribution in [3.63, 3.8) is 0 Å². The van der Waals surface area contributed by atoms with E-state index in [9.17, 15) is 8.63 Å². The molecule has 1 unspecified atom stereocenters. The van der Waals surface area contributed by atoms with Crippen molar-refractivity contribution in [1.82, 2.24) is 0 Å². The van der Waals surface area contributed by atoms with E-state index >= 15 is 0 Å². The molecule has 0 aromatic heterocycles. The number of rotatable bonds is 2. The first-order chi connectivity index (χ1) is 7.87. The van der Waals surface area contributed by atoms with Crippen molar-refractivity contribution in [3.8, 4) is 0 Å². The van der Waals surface area contributed by atoms with Crippen molar-refractivity contribution in [2.75, 3.05) is 20.6 Å². The molecule has 1 aliphatic heterocycles. The molecule has 0 bridgehead atoms. The fourth-order valence-corrected chi connectivity index (χ4v) is 3.23. The highest BCUT2D eigenvalue weighted by Gasteiger charge is 2.65. The molecule has 2 rings (SSSR count). The lowest BCUT2D eigenvalue weighted by Gasteiger charge is -2.46. The fourth-order valence-electron chi connectivity index (χ4n) is 3.23. The van der Waals surface area contributed by atoms with Crippen LogP contribution in [-0.4, -0.2) is 31.9 Å². The van der Waals surface area contributed by atoms with Crippen molar-refractivity contribution < 1.29 is 13.0 Å². The Labute approximate surface area is 102 Å². The second kappa shape index (κ2) is 3.80. The molecule has 0 saturated carbocycles. The van der Waals surface area contributed by atoms with E-state index in [2.05, 4.69) is 0 Å². The van der Waals surface area contributed by atoms with Crippen LogP contribution in [0.5, 0.6) is 0 Å². The number of quaternary nitrogens is 1. The van der Waals surface area contributed by atoms with E-state index in [1.807, 2.05) is 37.3 Å². The van der Waals surface area contributed by atoms with Crippen LogP contribution >= 0.6 is 0 Å². The molecule has 0 amide bonds. The van der Waals surface area contributed by atoms with Crippen LogP contribution in [0, 0.1) is 0 Å². The molecule has 1 nitrogen and oxygen atoms in total. The third kappa shape index (κ3) is 1.54. The Balaban J connectivity index is 2.54. The summed E-state index contributed by atoms with van der Waals surface area (Å²) in [5, 5.41) is -0.940. The molecule has 1 heterocycles. The lowest BCUT2D eigenvalue weighted by Crippen LogP contribution is -2.62. The van der Waals surface area contributed by atoms with Gasteiger partial charge < -0.3 is 13.0 Å².